The maximum absolute atomic E-state index is 14.3. The summed E-state index contributed by atoms with van der Waals surface area (Å²) in [6.45, 7) is -1.25. The second kappa shape index (κ2) is 8.32. The molecule has 0 aliphatic heterocycles. The molecule has 0 bridgehead atoms. The Morgan fingerprint density at radius 1 is 1.06 bits per heavy atom. The molecule has 31 heavy (non-hydrogen) atoms. The molecule has 1 heterocycles. The summed E-state index contributed by atoms with van der Waals surface area (Å²) in [5.41, 5.74) is -3.69. The number of rotatable bonds is 7. The number of nitrogens with one attached hydrogen (secondary N) is 1. The Balaban J connectivity index is 1.89. The number of hydrogen-bond donors (Lipinski definition) is 2. The summed E-state index contributed by atoms with van der Waals surface area (Å²) >= 11 is 0. The first-order valence-corrected chi connectivity index (χ1v) is 10.1. The van der Waals surface area contributed by atoms with Crippen LogP contribution in [0.4, 0.5) is 22.0 Å². The Morgan fingerprint density at radius 3 is 2.29 bits per heavy atom. The topological polar surface area (TPSA) is 97.1 Å². The van der Waals surface area contributed by atoms with Gasteiger partial charge < -0.3 is 5.11 Å². The summed E-state index contributed by atoms with van der Waals surface area (Å²) in [5, 5.41) is 14.8. The first kappa shape index (κ1) is 22.8. The molecule has 0 amide bonds. The molecular weight excluding hydrogens is 447 g/mol. The zero-order valence-corrected chi connectivity index (χ0v) is 16.3. The van der Waals surface area contributed by atoms with E-state index in [1.54, 1.807) is 0 Å². The van der Waals surface area contributed by atoms with Crippen molar-refractivity contribution in [2.45, 2.75) is 23.2 Å². The van der Waals surface area contributed by atoms with Crippen LogP contribution >= 0.6 is 0 Å². The number of aliphatic hydroxyl groups is 1. The van der Waals surface area contributed by atoms with Crippen LogP contribution in [0.15, 0.2) is 60.0 Å². The van der Waals surface area contributed by atoms with Crippen LogP contribution in [0, 0.1) is 11.6 Å². The summed E-state index contributed by atoms with van der Waals surface area (Å²) in [5.74, 6) is -2.04. The number of hydrogen-bond acceptors (Lipinski definition) is 5. The van der Waals surface area contributed by atoms with Crippen LogP contribution in [0.2, 0.25) is 0 Å². The monoisotopic (exact) mass is 462 g/mol. The molecule has 0 saturated carbocycles. The molecule has 166 valence electrons. The van der Waals surface area contributed by atoms with Crippen molar-refractivity contribution in [2.24, 2.45) is 0 Å². The van der Waals surface area contributed by atoms with Crippen LogP contribution in [-0.4, -0.2) is 34.8 Å². The van der Waals surface area contributed by atoms with Gasteiger partial charge in [-0.1, -0.05) is 6.07 Å². The normalized spacial score (nSPS) is 14.4. The van der Waals surface area contributed by atoms with Gasteiger partial charge in [0.25, 0.3) is 0 Å². The zero-order valence-electron chi connectivity index (χ0n) is 15.5. The first-order chi connectivity index (χ1) is 14.4. The largest absolute Gasteiger partial charge is 0.416 e. The summed E-state index contributed by atoms with van der Waals surface area (Å²) < 4.78 is 93.9. The molecular formula is C18H15F5N4O3S. The number of sulfonamides is 1. The van der Waals surface area contributed by atoms with Gasteiger partial charge in [-0.2, -0.15) is 18.3 Å². The van der Waals surface area contributed by atoms with Gasteiger partial charge in [-0.15, -0.1) is 0 Å². The second-order valence-corrected chi connectivity index (χ2v) is 8.36. The van der Waals surface area contributed by atoms with Crippen LogP contribution in [0.3, 0.4) is 0 Å². The molecule has 0 spiro atoms. The molecule has 2 aromatic carbocycles. The molecule has 0 fully saturated rings. The number of alkyl halides is 3. The van der Waals surface area contributed by atoms with Crippen molar-refractivity contribution < 1.29 is 35.5 Å². The van der Waals surface area contributed by atoms with Crippen molar-refractivity contribution in [3.63, 3.8) is 0 Å². The molecule has 3 rings (SSSR count). The maximum atomic E-state index is 14.3. The highest BCUT2D eigenvalue weighted by Crippen LogP contribution is 2.30. The van der Waals surface area contributed by atoms with E-state index >= 15 is 0 Å². The smallest absolute Gasteiger partial charge is 0.382 e. The summed E-state index contributed by atoms with van der Waals surface area (Å²) in [6, 6.07) is 5.04. The van der Waals surface area contributed by atoms with E-state index in [4.69, 9.17) is 0 Å². The lowest BCUT2D eigenvalue weighted by molar-refractivity contribution is -0.137. The fourth-order valence-electron chi connectivity index (χ4n) is 2.81. The highest BCUT2D eigenvalue weighted by Gasteiger charge is 2.35. The van der Waals surface area contributed by atoms with E-state index in [0.29, 0.717) is 18.2 Å². The van der Waals surface area contributed by atoms with E-state index in [0.717, 1.165) is 35.3 Å². The molecule has 0 saturated heterocycles. The van der Waals surface area contributed by atoms with Crippen LogP contribution in [-0.2, 0) is 28.3 Å². The average Bonchev–Trinajstić information content (AvgIpc) is 3.18. The minimum Gasteiger partial charge on any atom is -0.382 e. The Labute approximate surface area is 173 Å². The van der Waals surface area contributed by atoms with E-state index in [2.05, 4.69) is 10.1 Å². The van der Waals surface area contributed by atoms with Gasteiger partial charge in [0, 0.05) is 18.2 Å². The number of aromatic nitrogens is 3. The van der Waals surface area contributed by atoms with Crippen molar-refractivity contribution in [3.8, 4) is 0 Å². The molecule has 0 radical (unpaired) electrons. The summed E-state index contributed by atoms with van der Waals surface area (Å²) in [6.07, 6.45) is -2.32. The third kappa shape index (κ3) is 5.24. The molecule has 1 aromatic heterocycles. The highest BCUT2D eigenvalue weighted by molar-refractivity contribution is 7.89. The van der Waals surface area contributed by atoms with Gasteiger partial charge in [-0.05, 0) is 30.3 Å². The lowest BCUT2D eigenvalue weighted by Gasteiger charge is -2.29. The predicted octanol–water partition coefficient (Wildman–Crippen LogP) is 2.44. The Hall–Kier alpha value is -2.90. The highest BCUT2D eigenvalue weighted by atomic mass is 32.2. The van der Waals surface area contributed by atoms with E-state index in [9.17, 15) is 35.5 Å². The van der Waals surface area contributed by atoms with Gasteiger partial charge in [-0.3, -0.25) is 0 Å². The summed E-state index contributed by atoms with van der Waals surface area (Å²) in [4.78, 5) is 3.18. The van der Waals surface area contributed by atoms with E-state index in [1.165, 1.54) is 6.33 Å². The van der Waals surface area contributed by atoms with Crippen molar-refractivity contribution in [1.82, 2.24) is 19.5 Å². The second-order valence-electron chi connectivity index (χ2n) is 6.60. The fraction of sp³-hybridized carbons (Fsp3) is 0.222. The number of halogens is 5. The van der Waals surface area contributed by atoms with E-state index in [1.807, 2.05) is 4.72 Å². The Morgan fingerprint density at radius 2 is 1.74 bits per heavy atom. The third-order valence-electron chi connectivity index (χ3n) is 4.37. The standard InChI is InChI=1S/C18H15F5N4O3S/c19-13-3-6-15(16(20)7-13)17(28,9-27-11-24-10-25-27)8-26-31(29,30)14-4-1-12(2-5-14)18(21,22)23/h1-7,10-11,26,28H,8-9H2. The van der Waals surface area contributed by atoms with Crippen molar-refractivity contribution in [2.75, 3.05) is 6.54 Å². The number of benzene rings is 2. The lowest BCUT2D eigenvalue weighted by Crippen LogP contribution is -2.44. The molecule has 2 N–H and O–H groups in total. The molecule has 3 aromatic rings. The summed E-state index contributed by atoms with van der Waals surface area (Å²) in [7, 11) is -4.38. The van der Waals surface area contributed by atoms with Gasteiger partial charge in [0.1, 0.15) is 29.9 Å². The van der Waals surface area contributed by atoms with Gasteiger partial charge in [0.15, 0.2) is 0 Å². The molecule has 0 aliphatic rings. The van der Waals surface area contributed by atoms with Crippen molar-refractivity contribution in [1.29, 1.82) is 0 Å². The van der Waals surface area contributed by atoms with Gasteiger partial charge in [0.05, 0.1) is 17.0 Å². The lowest BCUT2D eigenvalue weighted by atomic mass is 9.93. The predicted molar refractivity (Wildman–Crippen MR) is 96.9 cm³/mol. The molecule has 1 atom stereocenters. The van der Waals surface area contributed by atoms with Crippen molar-refractivity contribution >= 4 is 10.0 Å². The van der Waals surface area contributed by atoms with Crippen LogP contribution in [0.1, 0.15) is 11.1 Å². The first-order valence-electron chi connectivity index (χ1n) is 8.58. The fourth-order valence-corrected chi connectivity index (χ4v) is 3.90. The quantitative estimate of drug-likeness (QED) is 0.526. The minimum absolute atomic E-state index is 0.417. The average molecular weight is 462 g/mol. The van der Waals surface area contributed by atoms with E-state index < -0.39 is 62.5 Å². The van der Waals surface area contributed by atoms with Gasteiger partial charge in [-0.25, -0.2) is 31.6 Å². The Kier molecular flexibility index (Phi) is 6.11. The molecule has 1 unspecified atom stereocenters. The maximum Gasteiger partial charge on any atom is 0.416 e. The van der Waals surface area contributed by atoms with Crippen LogP contribution < -0.4 is 4.72 Å². The molecule has 0 aliphatic carbocycles. The van der Waals surface area contributed by atoms with Gasteiger partial charge >= 0.3 is 6.18 Å². The molecule has 13 heteroatoms. The SMILES string of the molecule is O=S(=O)(NCC(O)(Cn1cncn1)c1ccc(F)cc1F)c1ccc(C(F)(F)F)cc1. The Bertz CT molecular complexity index is 1150. The third-order valence-corrected chi connectivity index (χ3v) is 5.79. The molecule has 7 nitrogen and oxygen atoms in total. The van der Waals surface area contributed by atoms with Crippen LogP contribution in [0.5, 0.6) is 0 Å². The number of nitrogens with zero attached hydrogens (tertiary/aromatic N) is 3. The van der Waals surface area contributed by atoms with Crippen LogP contribution in [0.25, 0.3) is 0 Å². The minimum atomic E-state index is -4.64. The zero-order chi connectivity index (χ0) is 22.9. The van der Waals surface area contributed by atoms with Crippen molar-refractivity contribution in [3.05, 3.63) is 77.9 Å². The van der Waals surface area contributed by atoms with E-state index in [-0.39, 0.29) is 0 Å². The van der Waals surface area contributed by atoms with Gasteiger partial charge in [0.2, 0.25) is 10.0 Å².